The van der Waals surface area contributed by atoms with Gasteiger partial charge in [-0.3, -0.25) is 0 Å². The molecule has 1 N–H and O–H groups in total. The summed E-state index contributed by atoms with van der Waals surface area (Å²) in [5.41, 5.74) is 2.11. The molecule has 7 nitrogen and oxygen atoms in total. The van der Waals surface area contributed by atoms with Gasteiger partial charge in [0, 0.05) is 18.0 Å². The fourth-order valence-electron chi connectivity index (χ4n) is 3.70. The van der Waals surface area contributed by atoms with E-state index >= 15 is 0 Å². The number of anilines is 1. The fourth-order valence-corrected chi connectivity index (χ4v) is 4.81. The molecule has 1 saturated heterocycles. The molecule has 1 aliphatic heterocycles. The summed E-state index contributed by atoms with van der Waals surface area (Å²) in [6.45, 7) is 5.86. The van der Waals surface area contributed by atoms with Gasteiger partial charge in [0.25, 0.3) is 0 Å². The minimum absolute atomic E-state index is 0.224. The number of hydrogen-bond acceptors (Lipinski definition) is 7. The number of nitrogens with zero attached hydrogens (tertiary/aromatic N) is 4. The molecule has 0 aliphatic carbocycles. The molecule has 5 rings (SSSR count). The van der Waals surface area contributed by atoms with Crippen LogP contribution < -0.4 is 5.32 Å². The maximum Gasteiger partial charge on any atom is 0.227 e. The molecule has 0 radical (unpaired) electrons. The van der Waals surface area contributed by atoms with Gasteiger partial charge in [0.1, 0.15) is 4.83 Å². The summed E-state index contributed by atoms with van der Waals surface area (Å²) in [7, 11) is 0. The molecule has 0 amide bonds. The first-order chi connectivity index (χ1) is 13.2. The minimum Gasteiger partial charge on any atom is -0.461 e. The number of furan rings is 1. The summed E-state index contributed by atoms with van der Waals surface area (Å²) in [5.74, 6) is 1.92. The van der Waals surface area contributed by atoms with Crippen molar-refractivity contribution in [2.75, 3.05) is 18.5 Å². The van der Waals surface area contributed by atoms with Gasteiger partial charge >= 0.3 is 0 Å². The van der Waals surface area contributed by atoms with Crippen molar-refractivity contribution in [2.24, 2.45) is 0 Å². The van der Waals surface area contributed by atoms with Gasteiger partial charge in [0.2, 0.25) is 11.8 Å². The topological polar surface area (TPSA) is 77.5 Å². The van der Waals surface area contributed by atoms with Crippen molar-refractivity contribution >= 4 is 33.1 Å². The standard InChI is InChI=1S/C19H21N5O2S/c1-3-13-11(2)27-18-15(13)17-21-16(14-7-5-9-26-14)23-24(17)19(22-18)20-10-12-6-4-8-25-12/h5,7,9,12H,3-4,6,8,10H2,1-2H3,(H,20,22)/t12-/m0/s1. The second-order valence-corrected chi connectivity index (χ2v) is 7.97. The molecule has 4 aromatic heterocycles. The van der Waals surface area contributed by atoms with Gasteiger partial charge < -0.3 is 14.5 Å². The monoisotopic (exact) mass is 383 g/mol. The molecule has 8 heteroatoms. The number of nitrogens with one attached hydrogen (secondary N) is 1. The van der Waals surface area contributed by atoms with Crippen LogP contribution in [0.5, 0.6) is 0 Å². The summed E-state index contributed by atoms with van der Waals surface area (Å²) in [6, 6.07) is 3.72. The molecular formula is C19H21N5O2S. The molecular weight excluding hydrogens is 362 g/mol. The van der Waals surface area contributed by atoms with E-state index in [-0.39, 0.29) is 6.10 Å². The van der Waals surface area contributed by atoms with E-state index in [2.05, 4.69) is 24.3 Å². The minimum atomic E-state index is 0.224. The van der Waals surface area contributed by atoms with Gasteiger partial charge in [-0.1, -0.05) is 6.92 Å². The molecule has 1 atom stereocenters. The fraction of sp³-hybridized carbons (Fsp3) is 0.421. The molecule has 0 unspecified atom stereocenters. The van der Waals surface area contributed by atoms with Crippen LogP contribution in [0.4, 0.5) is 5.95 Å². The number of aromatic nitrogens is 4. The highest BCUT2D eigenvalue weighted by atomic mass is 32.1. The Morgan fingerprint density at radius 1 is 1.37 bits per heavy atom. The highest BCUT2D eigenvalue weighted by molar-refractivity contribution is 7.18. The number of fused-ring (bicyclic) bond motifs is 3. The average Bonchev–Trinajstić information content (AvgIpc) is 3.44. The maximum absolute atomic E-state index is 5.73. The Morgan fingerprint density at radius 2 is 2.30 bits per heavy atom. The highest BCUT2D eigenvalue weighted by Gasteiger charge is 2.22. The lowest BCUT2D eigenvalue weighted by Gasteiger charge is -2.12. The molecule has 1 aliphatic rings. The largest absolute Gasteiger partial charge is 0.461 e. The Balaban J connectivity index is 1.67. The summed E-state index contributed by atoms with van der Waals surface area (Å²) in [5, 5.41) is 9.20. The maximum atomic E-state index is 5.73. The van der Waals surface area contributed by atoms with Crippen molar-refractivity contribution in [2.45, 2.75) is 39.2 Å². The molecule has 0 aromatic carbocycles. The lowest BCUT2D eigenvalue weighted by molar-refractivity contribution is 0.120. The second-order valence-electron chi connectivity index (χ2n) is 6.77. The van der Waals surface area contributed by atoms with Crippen LogP contribution >= 0.6 is 11.3 Å². The van der Waals surface area contributed by atoms with Gasteiger partial charge in [-0.25, -0.2) is 9.97 Å². The zero-order valence-corrected chi connectivity index (χ0v) is 16.2. The van der Waals surface area contributed by atoms with Gasteiger partial charge in [0.05, 0.1) is 17.8 Å². The first-order valence-corrected chi connectivity index (χ1v) is 10.1. The zero-order valence-electron chi connectivity index (χ0n) is 15.4. The van der Waals surface area contributed by atoms with Crippen molar-refractivity contribution in [3.05, 3.63) is 28.8 Å². The molecule has 140 valence electrons. The normalized spacial score (nSPS) is 17.3. The predicted octanol–water partition coefficient (Wildman–Crippen LogP) is 4.06. The van der Waals surface area contributed by atoms with Gasteiger partial charge in [-0.05, 0) is 43.9 Å². The molecule has 5 heterocycles. The lowest BCUT2D eigenvalue weighted by Crippen LogP contribution is -2.20. The van der Waals surface area contributed by atoms with E-state index in [1.807, 2.05) is 12.1 Å². The predicted molar refractivity (Wildman–Crippen MR) is 105 cm³/mol. The summed E-state index contributed by atoms with van der Waals surface area (Å²) in [6.07, 6.45) is 4.99. The van der Waals surface area contributed by atoms with Crippen LogP contribution in [0.15, 0.2) is 22.8 Å². The third-order valence-corrected chi connectivity index (χ3v) is 6.08. The number of hydrogen-bond donors (Lipinski definition) is 1. The summed E-state index contributed by atoms with van der Waals surface area (Å²) in [4.78, 5) is 11.9. The molecule has 0 spiro atoms. The highest BCUT2D eigenvalue weighted by Crippen LogP contribution is 2.34. The van der Waals surface area contributed by atoms with Crippen LogP contribution in [0.25, 0.3) is 27.4 Å². The number of ether oxygens (including phenoxy) is 1. The average molecular weight is 383 g/mol. The Labute approximate surface area is 160 Å². The van der Waals surface area contributed by atoms with Crippen molar-refractivity contribution in [3.8, 4) is 11.6 Å². The quantitative estimate of drug-likeness (QED) is 0.560. The molecule has 4 aromatic rings. The van der Waals surface area contributed by atoms with E-state index in [0.29, 0.717) is 24.1 Å². The van der Waals surface area contributed by atoms with Crippen molar-refractivity contribution in [1.29, 1.82) is 0 Å². The smallest absolute Gasteiger partial charge is 0.227 e. The van der Waals surface area contributed by atoms with E-state index in [4.69, 9.17) is 19.1 Å². The third-order valence-electron chi connectivity index (χ3n) is 5.04. The van der Waals surface area contributed by atoms with Crippen LogP contribution in [0.1, 0.15) is 30.2 Å². The lowest BCUT2D eigenvalue weighted by atomic mass is 10.1. The zero-order chi connectivity index (χ0) is 18.4. The molecule has 0 bridgehead atoms. The summed E-state index contributed by atoms with van der Waals surface area (Å²) >= 11 is 1.71. The van der Waals surface area contributed by atoms with E-state index < -0.39 is 0 Å². The van der Waals surface area contributed by atoms with Crippen LogP contribution in [0, 0.1) is 6.92 Å². The number of rotatable bonds is 5. The van der Waals surface area contributed by atoms with Gasteiger partial charge in [0.15, 0.2) is 11.4 Å². The van der Waals surface area contributed by atoms with Crippen LogP contribution in [0.3, 0.4) is 0 Å². The number of aryl methyl sites for hydroxylation is 2. The Bertz CT molecular complexity index is 1090. The third kappa shape index (κ3) is 2.80. The van der Waals surface area contributed by atoms with E-state index in [9.17, 15) is 0 Å². The van der Waals surface area contributed by atoms with Crippen molar-refractivity contribution in [3.63, 3.8) is 0 Å². The van der Waals surface area contributed by atoms with Crippen molar-refractivity contribution in [1.82, 2.24) is 19.6 Å². The van der Waals surface area contributed by atoms with E-state index in [0.717, 1.165) is 41.7 Å². The summed E-state index contributed by atoms with van der Waals surface area (Å²) < 4.78 is 13.0. The van der Waals surface area contributed by atoms with Crippen LogP contribution in [0.2, 0.25) is 0 Å². The Morgan fingerprint density at radius 3 is 3.04 bits per heavy atom. The van der Waals surface area contributed by atoms with Gasteiger partial charge in [-0.2, -0.15) is 4.52 Å². The van der Waals surface area contributed by atoms with E-state index in [1.165, 1.54) is 10.4 Å². The van der Waals surface area contributed by atoms with Crippen LogP contribution in [-0.4, -0.2) is 38.8 Å². The first-order valence-electron chi connectivity index (χ1n) is 9.32. The first kappa shape index (κ1) is 16.7. The Hall–Kier alpha value is -2.45. The van der Waals surface area contributed by atoms with Crippen molar-refractivity contribution < 1.29 is 9.15 Å². The molecule has 27 heavy (non-hydrogen) atoms. The SMILES string of the molecule is CCc1c(C)sc2nc(NC[C@@H]3CCCO3)n3nc(-c4ccco4)nc3c12. The van der Waals surface area contributed by atoms with E-state index in [1.54, 1.807) is 22.1 Å². The molecule has 1 fully saturated rings. The Kier molecular flexibility index (Phi) is 4.09. The van der Waals surface area contributed by atoms with Gasteiger partial charge in [-0.15, -0.1) is 16.4 Å². The number of thiophene rings is 1. The molecule has 0 saturated carbocycles. The van der Waals surface area contributed by atoms with Crippen LogP contribution in [-0.2, 0) is 11.2 Å². The second kappa shape index (κ2) is 6.61.